The van der Waals surface area contributed by atoms with E-state index < -0.39 is 11.9 Å². The minimum atomic E-state index is -4.58. The molecule has 0 unspecified atom stereocenters. The normalized spacial score (nSPS) is 18.4. The van der Waals surface area contributed by atoms with Gasteiger partial charge in [-0.3, -0.25) is 4.79 Å². The molecule has 140 valence electrons. The van der Waals surface area contributed by atoms with E-state index in [1.165, 1.54) is 31.0 Å². The first-order valence-electron chi connectivity index (χ1n) is 8.79. The molecule has 0 bridgehead atoms. The van der Waals surface area contributed by atoms with Crippen LogP contribution in [0.1, 0.15) is 47.3 Å². The molecule has 0 atom stereocenters. The van der Waals surface area contributed by atoms with E-state index in [9.17, 15) is 23.2 Å². The number of piperidine rings is 1. The summed E-state index contributed by atoms with van der Waals surface area (Å²) in [5.74, 6) is -0.332. The summed E-state index contributed by atoms with van der Waals surface area (Å²) in [7, 11) is 0. The van der Waals surface area contributed by atoms with Crippen molar-refractivity contribution in [3.63, 3.8) is 0 Å². The van der Waals surface area contributed by atoms with Crippen molar-refractivity contribution in [3.8, 4) is 11.8 Å². The predicted molar refractivity (Wildman–Crippen MR) is 90.1 cm³/mol. The molecular weight excluding hydrogens is 357 g/mol. The van der Waals surface area contributed by atoms with Gasteiger partial charge in [0.2, 0.25) is 0 Å². The van der Waals surface area contributed by atoms with Crippen LogP contribution in [0.2, 0.25) is 0 Å². The number of carbonyl (C=O) groups excluding carboxylic acids is 1. The number of rotatable bonds is 2. The molecule has 27 heavy (non-hydrogen) atoms. The summed E-state index contributed by atoms with van der Waals surface area (Å²) in [4.78, 5) is 14.8. The number of benzene rings is 1. The summed E-state index contributed by atoms with van der Waals surface area (Å²) < 4.78 is 39.7. The van der Waals surface area contributed by atoms with Gasteiger partial charge in [0.15, 0.2) is 5.69 Å². The lowest BCUT2D eigenvalue weighted by molar-refractivity contribution is -0.141. The van der Waals surface area contributed by atoms with Gasteiger partial charge in [0, 0.05) is 19.3 Å². The van der Waals surface area contributed by atoms with Gasteiger partial charge in [-0.15, -0.1) is 0 Å². The van der Waals surface area contributed by atoms with Gasteiger partial charge >= 0.3 is 6.18 Å². The Morgan fingerprint density at radius 2 is 1.85 bits per heavy atom. The van der Waals surface area contributed by atoms with E-state index in [-0.39, 0.29) is 22.7 Å². The Bertz CT molecular complexity index is 927. The van der Waals surface area contributed by atoms with Gasteiger partial charge in [-0.2, -0.15) is 23.5 Å². The molecular formula is C19H17F3N4O. The third-order valence-electron chi connectivity index (χ3n) is 5.57. The number of nitrogens with zero attached hydrogens (tertiary/aromatic N) is 4. The lowest BCUT2D eigenvalue weighted by atomic mass is 9.93. The van der Waals surface area contributed by atoms with Gasteiger partial charge < -0.3 is 4.90 Å². The molecule has 2 aliphatic rings. The van der Waals surface area contributed by atoms with Gasteiger partial charge in [-0.25, -0.2) is 4.68 Å². The largest absolute Gasteiger partial charge is 0.435 e. The van der Waals surface area contributed by atoms with Crippen molar-refractivity contribution in [2.75, 3.05) is 13.1 Å². The maximum Gasteiger partial charge on any atom is 0.435 e. The van der Waals surface area contributed by atoms with Crippen molar-refractivity contribution in [3.05, 3.63) is 47.3 Å². The molecule has 2 fully saturated rings. The number of likely N-dealkylation sites (tertiary alicyclic amines) is 1. The van der Waals surface area contributed by atoms with Gasteiger partial charge in [0.05, 0.1) is 16.8 Å². The van der Waals surface area contributed by atoms with E-state index in [4.69, 9.17) is 0 Å². The second kappa shape index (κ2) is 6.12. The van der Waals surface area contributed by atoms with E-state index in [2.05, 4.69) is 5.10 Å². The van der Waals surface area contributed by atoms with E-state index in [0.717, 1.165) is 29.8 Å². The number of alkyl halides is 3. The standard InChI is InChI=1S/C19H17F3N4O/c20-19(21,22)15-4-9-26(24-15)14-3-1-2-13(12-23)16(14)17(27)25-10-7-18(5-6-18)8-11-25/h1-4,9H,5-8,10-11H2. The molecule has 1 spiro atoms. The average molecular weight is 374 g/mol. The van der Waals surface area contributed by atoms with Gasteiger partial charge in [-0.05, 0) is 49.3 Å². The highest BCUT2D eigenvalue weighted by Gasteiger charge is 2.45. The Labute approximate surface area is 154 Å². The van der Waals surface area contributed by atoms with Crippen molar-refractivity contribution in [1.29, 1.82) is 5.26 Å². The zero-order valence-corrected chi connectivity index (χ0v) is 14.5. The quantitative estimate of drug-likeness (QED) is 0.804. The highest BCUT2D eigenvalue weighted by Crippen LogP contribution is 2.53. The van der Waals surface area contributed by atoms with Crippen LogP contribution in [-0.2, 0) is 6.18 Å². The number of halogens is 3. The number of carbonyl (C=O) groups is 1. The zero-order valence-electron chi connectivity index (χ0n) is 14.5. The molecule has 1 aromatic carbocycles. The molecule has 1 saturated heterocycles. The Balaban J connectivity index is 1.70. The molecule has 2 aromatic rings. The monoisotopic (exact) mass is 374 g/mol. The van der Waals surface area contributed by atoms with Crippen LogP contribution in [0.3, 0.4) is 0 Å². The van der Waals surface area contributed by atoms with Crippen LogP contribution in [0, 0.1) is 16.7 Å². The van der Waals surface area contributed by atoms with E-state index in [1.807, 2.05) is 6.07 Å². The van der Waals surface area contributed by atoms with Gasteiger partial charge in [0.25, 0.3) is 5.91 Å². The fraction of sp³-hybridized carbons (Fsp3) is 0.421. The molecule has 1 aliphatic carbocycles. The minimum absolute atomic E-state index is 0.101. The number of aromatic nitrogens is 2. The fourth-order valence-corrected chi connectivity index (χ4v) is 3.68. The molecule has 1 saturated carbocycles. The maximum absolute atomic E-state index is 13.1. The Hall–Kier alpha value is -2.82. The van der Waals surface area contributed by atoms with E-state index in [1.54, 1.807) is 4.90 Å². The van der Waals surface area contributed by atoms with Crippen LogP contribution in [0.5, 0.6) is 0 Å². The molecule has 8 heteroatoms. The van der Waals surface area contributed by atoms with Crippen LogP contribution in [0.4, 0.5) is 13.2 Å². The molecule has 0 N–H and O–H groups in total. The van der Waals surface area contributed by atoms with Crippen LogP contribution in [0.15, 0.2) is 30.5 Å². The third kappa shape index (κ3) is 3.18. The molecule has 1 aromatic heterocycles. The highest BCUT2D eigenvalue weighted by molar-refractivity contribution is 6.00. The second-order valence-electron chi connectivity index (χ2n) is 7.25. The maximum atomic E-state index is 13.1. The number of hydrogen-bond donors (Lipinski definition) is 0. The van der Waals surface area contributed by atoms with Crippen LogP contribution in [-0.4, -0.2) is 33.7 Å². The summed E-state index contributed by atoms with van der Waals surface area (Å²) in [6.07, 6.45) is 0.843. The zero-order chi connectivity index (χ0) is 19.2. The molecule has 5 nitrogen and oxygen atoms in total. The van der Waals surface area contributed by atoms with Crippen LogP contribution >= 0.6 is 0 Å². The summed E-state index contributed by atoms with van der Waals surface area (Å²) in [6.45, 7) is 1.20. The highest BCUT2D eigenvalue weighted by atomic mass is 19.4. The Kier molecular flexibility index (Phi) is 3.98. The van der Waals surface area contributed by atoms with Crippen molar-refractivity contribution < 1.29 is 18.0 Å². The van der Waals surface area contributed by atoms with Crippen molar-refractivity contribution in [2.24, 2.45) is 5.41 Å². The molecule has 1 amide bonds. The fourth-order valence-electron chi connectivity index (χ4n) is 3.68. The van der Waals surface area contributed by atoms with Crippen molar-refractivity contribution in [1.82, 2.24) is 14.7 Å². The van der Waals surface area contributed by atoms with E-state index >= 15 is 0 Å². The Morgan fingerprint density at radius 3 is 2.41 bits per heavy atom. The summed E-state index contributed by atoms with van der Waals surface area (Å²) in [5, 5.41) is 13.0. The summed E-state index contributed by atoms with van der Waals surface area (Å²) in [6, 6.07) is 7.37. The lowest BCUT2D eigenvalue weighted by Gasteiger charge is -2.32. The predicted octanol–water partition coefficient (Wildman–Crippen LogP) is 3.78. The SMILES string of the molecule is N#Cc1cccc(-n2ccc(C(F)(F)F)n2)c1C(=O)N1CCC2(CC1)CC2. The molecule has 4 rings (SSSR count). The first-order valence-corrected chi connectivity index (χ1v) is 8.79. The first-order chi connectivity index (χ1) is 12.8. The minimum Gasteiger partial charge on any atom is -0.339 e. The lowest BCUT2D eigenvalue weighted by Crippen LogP contribution is -2.39. The van der Waals surface area contributed by atoms with Crippen molar-refractivity contribution >= 4 is 5.91 Å². The number of amides is 1. The first kappa shape index (κ1) is 17.6. The second-order valence-corrected chi connectivity index (χ2v) is 7.25. The van der Waals surface area contributed by atoms with Crippen molar-refractivity contribution in [2.45, 2.75) is 31.9 Å². The summed E-state index contributed by atoms with van der Waals surface area (Å²) in [5.41, 5.74) is -0.243. The Morgan fingerprint density at radius 1 is 1.15 bits per heavy atom. The molecule has 1 aliphatic heterocycles. The van der Waals surface area contributed by atoms with Crippen LogP contribution in [0.25, 0.3) is 5.69 Å². The van der Waals surface area contributed by atoms with Gasteiger partial charge in [-0.1, -0.05) is 6.07 Å². The average Bonchev–Trinajstić information content (AvgIpc) is 3.20. The topological polar surface area (TPSA) is 61.9 Å². The van der Waals surface area contributed by atoms with E-state index in [0.29, 0.717) is 18.5 Å². The molecule has 0 radical (unpaired) electrons. The third-order valence-corrected chi connectivity index (χ3v) is 5.57. The number of nitriles is 1. The van der Waals surface area contributed by atoms with Gasteiger partial charge in [0.1, 0.15) is 6.07 Å². The smallest absolute Gasteiger partial charge is 0.339 e. The van der Waals surface area contributed by atoms with Crippen LogP contribution < -0.4 is 0 Å². The number of hydrogen-bond acceptors (Lipinski definition) is 3. The summed E-state index contributed by atoms with van der Waals surface area (Å²) >= 11 is 0. The molecule has 2 heterocycles.